The van der Waals surface area contributed by atoms with Crippen molar-refractivity contribution in [2.75, 3.05) is 39.5 Å². The van der Waals surface area contributed by atoms with Crippen LogP contribution >= 0.6 is 0 Å². The van der Waals surface area contributed by atoms with Crippen molar-refractivity contribution < 1.29 is 19.1 Å². The van der Waals surface area contributed by atoms with Gasteiger partial charge in [0.25, 0.3) is 0 Å². The number of carbonyl (C=O) groups is 2. The molecule has 2 aliphatic heterocycles. The lowest BCUT2D eigenvalue weighted by Gasteiger charge is -2.41. The first-order valence-electron chi connectivity index (χ1n) is 7.11. The van der Waals surface area contributed by atoms with Crippen LogP contribution in [0, 0.1) is 0 Å². The lowest BCUT2D eigenvalue weighted by molar-refractivity contribution is -0.155. The van der Waals surface area contributed by atoms with Gasteiger partial charge in [-0.2, -0.15) is 0 Å². The van der Waals surface area contributed by atoms with E-state index in [-0.39, 0.29) is 18.4 Å². The highest BCUT2D eigenvalue weighted by Gasteiger charge is 2.43. The molecule has 0 aromatic carbocycles. The third kappa shape index (κ3) is 3.11. The van der Waals surface area contributed by atoms with Gasteiger partial charge >= 0.3 is 0 Å². The highest BCUT2D eigenvalue weighted by molar-refractivity contribution is 5.92. The van der Waals surface area contributed by atoms with E-state index in [1.165, 1.54) is 0 Å². The highest BCUT2D eigenvalue weighted by atomic mass is 16.5. The second kappa shape index (κ2) is 6.51. The van der Waals surface area contributed by atoms with Crippen molar-refractivity contribution in [1.29, 1.82) is 0 Å². The van der Waals surface area contributed by atoms with Gasteiger partial charge in [0, 0.05) is 26.3 Å². The van der Waals surface area contributed by atoms with Crippen molar-refractivity contribution in [2.24, 2.45) is 5.73 Å². The van der Waals surface area contributed by atoms with Gasteiger partial charge in [-0.1, -0.05) is 0 Å². The number of nitrogens with one attached hydrogen (secondary N) is 1. The second-order valence-corrected chi connectivity index (χ2v) is 5.25. The molecule has 0 radical (unpaired) electrons. The van der Waals surface area contributed by atoms with E-state index >= 15 is 0 Å². The van der Waals surface area contributed by atoms with Crippen LogP contribution in [0.4, 0.5) is 0 Å². The molecule has 20 heavy (non-hydrogen) atoms. The van der Waals surface area contributed by atoms with Crippen LogP contribution in [0.3, 0.4) is 0 Å². The molecule has 2 rings (SSSR count). The smallest absolute Gasteiger partial charge is 0.245 e. The van der Waals surface area contributed by atoms with Gasteiger partial charge in [-0.05, 0) is 19.8 Å². The van der Waals surface area contributed by atoms with Gasteiger partial charge in [0.15, 0.2) is 0 Å². The molecule has 0 aliphatic carbocycles. The summed E-state index contributed by atoms with van der Waals surface area (Å²) in [4.78, 5) is 26.3. The van der Waals surface area contributed by atoms with Crippen molar-refractivity contribution in [3.05, 3.63) is 0 Å². The Bertz CT molecular complexity index is 369. The summed E-state index contributed by atoms with van der Waals surface area (Å²) in [6.07, 6.45) is 0.983. The molecular weight excluding hydrogens is 262 g/mol. The summed E-state index contributed by atoms with van der Waals surface area (Å²) >= 11 is 0. The molecule has 1 unspecified atom stereocenters. The molecule has 7 nitrogen and oxygen atoms in total. The molecule has 0 bridgehead atoms. The van der Waals surface area contributed by atoms with E-state index in [1.54, 1.807) is 4.90 Å². The summed E-state index contributed by atoms with van der Waals surface area (Å²) < 4.78 is 10.6. The van der Waals surface area contributed by atoms with Crippen LogP contribution in [0.1, 0.15) is 19.8 Å². The number of nitrogens with zero attached hydrogens (tertiary/aromatic N) is 1. The molecule has 2 aliphatic rings. The minimum atomic E-state index is -0.916. The van der Waals surface area contributed by atoms with E-state index in [1.807, 2.05) is 6.92 Å². The number of ether oxygens (including phenoxy) is 2. The average Bonchev–Trinajstić information content (AvgIpc) is 2.47. The van der Waals surface area contributed by atoms with Crippen LogP contribution in [-0.4, -0.2) is 67.8 Å². The lowest BCUT2D eigenvalue weighted by Crippen LogP contribution is -2.64. The Morgan fingerprint density at radius 1 is 1.30 bits per heavy atom. The van der Waals surface area contributed by atoms with Crippen LogP contribution < -0.4 is 11.1 Å². The Balaban J connectivity index is 2.10. The maximum Gasteiger partial charge on any atom is 0.245 e. The predicted molar refractivity (Wildman–Crippen MR) is 72.0 cm³/mol. The maximum atomic E-state index is 12.7. The number of hydrogen-bond acceptors (Lipinski definition) is 5. The number of rotatable bonds is 3. The first kappa shape index (κ1) is 15.2. The minimum Gasteiger partial charge on any atom is -0.381 e. The van der Waals surface area contributed by atoms with Crippen LogP contribution in [0.2, 0.25) is 0 Å². The molecule has 0 saturated carbocycles. The van der Waals surface area contributed by atoms with E-state index in [4.69, 9.17) is 15.2 Å². The molecule has 0 aromatic heterocycles. The molecule has 2 amide bonds. The number of carbonyl (C=O) groups excluding carboxylic acids is 2. The van der Waals surface area contributed by atoms with E-state index < -0.39 is 11.6 Å². The van der Waals surface area contributed by atoms with Crippen LogP contribution in [0.5, 0.6) is 0 Å². The first-order valence-corrected chi connectivity index (χ1v) is 7.11. The van der Waals surface area contributed by atoms with Gasteiger partial charge in [0.05, 0.1) is 18.8 Å². The summed E-state index contributed by atoms with van der Waals surface area (Å²) in [5, 5.41) is 2.74. The van der Waals surface area contributed by atoms with Crippen LogP contribution in [0.25, 0.3) is 0 Å². The fourth-order valence-corrected chi connectivity index (χ4v) is 2.59. The third-order valence-corrected chi connectivity index (χ3v) is 3.85. The van der Waals surface area contributed by atoms with Crippen molar-refractivity contribution in [1.82, 2.24) is 10.2 Å². The average molecular weight is 285 g/mol. The number of morpholine rings is 1. The van der Waals surface area contributed by atoms with Gasteiger partial charge in [-0.25, -0.2) is 0 Å². The summed E-state index contributed by atoms with van der Waals surface area (Å²) in [6.45, 7) is 4.41. The van der Waals surface area contributed by atoms with Gasteiger partial charge in [-0.3, -0.25) is 9.59 Å². The second-order valence-electron chi connectivity index (χ2n) is 5.25. The van der Waals surface area contributed by atoms with E-state index in [0.29, 0.717) is 45.8 Å². The van der Waals surface area contributed by atoms with Gasteiger partial charge in [-0.15, -0.1) is 0 Å². The number of likely N-dealkylation sites (N-methyl/N-ethyl adjacent to an activating group) is 1. The van der Waals surface area contributed by atoms with Crippen molar-refractivity contribution in [3.8, 4) is 0 Å². The molecule has 2 fully saturated rings. The zero-order valence-corrected chi connectivity index (χ0v) is 11.9. The summed E-state index contributed by atoms with van der Waals surface area (Å²) in [6, 6.07) is -0.584. The Morgan fingerprint density at radius 3 is 2.65 bits per heavy atom. The van der Waals surface area contributed by atoms with Crippen LogP contribution in [0.15, 0.2) is 0 Å². The molecule has 2 saturated heterocycles. The Morgan fingerprint density at radius 2 is 2.00 bits per heavy atom. The Labute approximate surface area is 118 Å². The van der Waals surface area contributed by atoms with Gasteiger partial charge < -0.3 is 25.4 Å². The van der Waals surface area contributed by atoms with Gasteiger partial charge in [0.1, 0.15) is 6.04 Å². The highest BCUT2D eigenvalue weighted by Crippen LogP contribution is 2.23. The topological polar surface area (TPSA) is 93.9 Å². The predicted octanol–water partition coefficient (Wildman–Crippen LogP) is -1.14. The zero-order valence-electron chi connectivity index (χ0n) is 11.9. The van der Waals surface area contributed by atoms with E-state index in [0.717, 1.165) is 0 Å². The molecule has 3 N–H and O–H groups in total. The quantitative estimate of drug-likeness (QED) is 0.683. The van der Waals surface area contributed by atoms with Crippen molar-refractivity contribution in [3.63, 3.8) is 0 Å². The molecular formula is C13H23N3O4. The van der Waals surface area contributed by atoms with Crippen molar-refractivity contribution in [2.45, 2.75) is 31.3 Å². The molecule has 2 heterocycles. The molecule has 7 heteroatoms. The summed E-state index contributed by atoms with van der Waals surface area (Å²) in [7, 11) is 0. The molecule has 0 aromatic rings. The van der Waals surface area contributed by atoms with E-state index in [2.05, 4.69) is 5.32 Å². The normalized spacial score (nSPS) is 26.1. The van der Waals surface area contributed by atoms with Crippen molar-refractivity contribution >= 4 is 11.8 Å². The number of hydrogen-bond donors (Lipinski definition) is 2. The third-order valence-electron chi connectivity index (χ3n) is 3.85. The SMILES string of the molecule is CCNC(=O)C1COCCN1C(=O)C1(N)CCOCC1. The monoisotopic (exact) mass is 285 g/mol. The van der Waals surface area contributed by atoms with Crippen LogP contribution in [-0.2, 0) is 19.1 Å². The maximum absolute atomic E-state index is 12.7. The Kier molecular flexibility index (Phi) is 4.95. The number of nitrogens with two attached hydrogens (primary N) is 1. The standard InChI is InChI=1S/C13H23N3O4/c1-2-15-11(17)10-9-20-8-5-16(10)12(18)13(14)3-6-19-7-4-13/h10H,2-9,14H2,1H3,(H,15,17). The minimum absolute atomic E-state index is 0.166. The van der Waals surface area contributed by atoms with E-state index in [9.17, 15) is 9.59 Å². The molecule has 1 atom stereocenters. The number of amides is 2. The fraction of sp³-hybridized carbons (Fsp3) is 0.846. The van der Waals surface area contributed by atoms with Gasteiger partial charge in [0.2, 0.25) is 11.8 Å². The Hall–Kier alpha value is -1.18. The molecule has 0 spiro atoms. The summed E-state index contributed by atoms with van der Waals surface area (Å²) in [5.41, 5.74) is 5.31. The largest absolute Gasteiger partial charge is 0.381 e. The fourth-order valence-electron chi connectivity index (χ4n) is 2.59. The lowest BCUT2D eigenvalue weighted by atomic mass is 9.89. The summed E-state index contributed by atoms with van der Waals surface area (Å²) in [5.74, 6) is -0.350. The first-order chi connectivity index (χ1) is 9.58. The zero-order chi connectivity index (χ0) is 14.6. The molecule has 114 valence electrons.